The van der Waals surface area contributed by atoms with Crippen LogP contribution in [0.1, 0.15) is 22.5 Å². The number of halogens is 1. The molecule has 0 saturated carbocycles. The Morgan fingerprint density at radius 2 is 1.84 bits per heavy atom. The molecule has 0 fully saturated rings. The number of rotatable bonds is 3. The van der Waals surface area contributed by atoms with Crippen molar-refractivity contribution in [1.29, 1.82) is 0 Å². The average molecular weight is 324 g/mol. The Morgan fingerprint density at radius 3 is 2.32 bits per heavy atom. The Bertz CT molecular complexity index is 596. The molecule has 0 unspecified atom stereocenters. The molecule has 1 heterocycles. The highest BCUT2D eigenvalue weighted by molar-refractivity contribution is 9.10. The molecule has 1 aromatic carbocycles. The molecule has 2 aromatic rings. The number of ether oxygens (including phenoxy) is 1. The topological polar surface area (TPSA) is 53.1 Å². The molecule has 102 valence electrons. The summed E-state index contributed by atoms with van der Waals surface area (Å²) in [5.74, 6) is 0.889. The van der Waals surface area contributed by atoms with Gasteiger partial charge in [-0.2, -0.15) is 5.10 Å². The summed E-state index contributed by atoms with van der Waals surface area (Å²) >= 11 is 3.54. The molecule has 0 amide bonds. The molecule has 4 nitrogen and oxygen atoms in total. The molecule has 0 radical (unpaired) electrons. The number of hydrogen-bond donors (Lipinski definition) is 1. The van der Waals surface area contributed by atoms with Crippen LogP contribution in [0.4, 0.5) is 5.69 Å². The van der Waals surface area contributed by atoms with Crippen molar-refractivity contribution in [3.05, 3.63) is 39.1 Å². The minimum absolute atomic E-state index is 0.476. The largest absolute Gasteiger partial charge is 0.487 e. The first-order valence-electron chi connectivity index (χ1n) is 6.07. The van der Waals surface area contributed by atoms with E-state index >= 15 is 0 Å². The molecule has 2 rings (SSSR count). The van der Waals surface area contributed by atoms with Gasteiger partial charge in [0, 0.05) is 12.7 Å². The molecule has 0 bridgehead atoms. The average Bonchev–Trinajstić information content (AvgIpc) is 2.53. The fourth-order valence-corrected chi connectivity index (χ4v) is 2.64. The van der Waals surface area contributed by atoms with E-state index in [1.807, 2.05) is 44.6 Å². The van der Waals surface area contributed by atoms with Crippen LogP contribution in [0.15, 0.2) is 16.6 Å². The summed E-state index contributed by atoms with van der Waals surface area (Å²) in [4.78, 5) is 0. The van der Waals surface area contributed by atoms with Gasteiger partial charge in [0.15, 0.2) is 0 Å². The monoisotopic (exact) mass is 323 g/mol. The third-order valence-electron chi connectivity index (χ3n) is 3.10. The van der Waals surface area contributed by atoms with Gasteiger partial charge in [-0.1, -0.05) is 0 Å². The smallest absolute Gasteiger partial charge is 0.131 e. The van der Waals surface area contributed by atoms with Gasteiger partial charge in [-0.25, -0.2) is 0 Å². The predicted molar refractivity (Wildman–Crippen MR) is 80.3 cm³/mol. The lowest BCUT2D eigenvalue weighted by Gasteiger charge is -2.13. The standard InChI is InChI=1S/C14H18BrN3O/c1-8-5-11(16)6-9(2)14(8)19-7-12-13(15)10(3)17-18(12)4/h5-6H,7,16H2,1-4H3. The van der Waals surface area contributed by atoms with Gasteiger partial charge in [-0.15, -0.1) is 0 Å². The molecule has 0 atom stereocenters. The molecule has 19 heavy (non-hydrogen) atoms. The minimum Gasteiger partial charge on any atom is -0.487 e. The van der Waals surface area contributed by atoms with Crippen LogP contribution >= 0.6 is 15.9 Å². The number of benzene rings is 1. The van der Waals surface area contributed by atoms with Crippen molar-refractivity contribution in [2.24, 2.45) is 7.05 Å². The second kappa shape index (κ2) is 5.25. The van der Waals surface area contributed by atoms with E-state index in [4.69, 9.17) is 10.5 Å². The summed E-state index contributed by atoms with van der Waals surface area (Å²) in [5.41, 5.74) is 10.7. The molecule has 0 aliphatic heterocycles. The van der Waals surface area contributed by atoms with E-state index in [0.29, 0.717) is 6.61 Å². The molecule has 2 N–H and O–H groups in total. The van der Waals surface area contributed by atoms with E-state index in [9.17, 15) is 0 Å². The highest BCUT2D eigenvalue weighted by Gasteiger charge is 2.12. The van der Waals surface area contributed by atoms with Gasteiger partial charge in [-0.05, 0) is 60.0 Å². The Hall–Kier alpha value is -1.49. The lowest BCUT2D eigenvalue weighted by atomic mass is 10.1. The summed E-state index contributed by atoms with van der Waals surface area (Å²) in [6, 6.07) is 3.84. The molecule has 0 saturated heterocycles. The van der Waals surface area contributed by atoms with Crippen molar-refractivity contribution < 1.29 is 4.74 Å². The van der Waals surface area contributed by atoms with Gasteiger partial charge in [0.05, 0.1) is 15.9 Å². The van der Waals surface area contributed by atoms with E-state index in [2.05, 4.69) is 21.0 Å². The fourth-order valence-electron chi connectivity index (χ4n) is 2.19. The minimum atomic E-state index is 0.476. The van der Waals surface area contributed by atoms with E-state index in [0.717, 1.165) is 38.4 Å². The van der Waals surface area contributed by atoms with Crippen molar-refractivity contribution in [2.75, 3.05) is 5.73 Å². The van der Waals surface area contributed by atoms with Crippen LogP contribution in [0.25, 0.3) is 0 Å². The summed E-state index contributed by atoms with van der Waals surface area (Å²) < 4.78 is 8.77. The quantitative estimate of drug-likeness (QED) is 0.882. The van der Waals surface area contributed by atoms with Gasteiger partial charge in [-0.3, -0.25) is 4.68 Å². The first kappa shape index (κ1) is 13.9. The normalized spacial score (nSPS) is 10.8. The predicted octanol–water partition coefficient (Wildman–Crippen LogP) is 3.27. The number of hydrogen-bond acceptors (Lipinski definition) is 3. The Kier molecular flexibility index (Phi) is 3.85. The van der Waals surface area contributed by atoms with Crippen molar-refractivity contribution in [3.63, 3.8) is 0 Å². The number of nitrogens with zero attached hydrogens (tertiary/aromatic N) is 2. The van der Waals surface area contributed by atoms with E-state index in [-0.39, 0.29) is 0 Å². The molecule has 0 aliphatic rings. The highest BCUT2D eigenvalue weighted by Crippen LogP contribution is 2.28. The zero-order valence-corrected chi connectivity index (χ0v) is 13.2. The summed E-state index contributed by atoms with van der Waals surface area (Å²) in [5, 5.41) is 4.35. The summed E-state index contributed by atoms with van der Waals surface area (Å²) in [7, 11) is 1.92. The van der Waals surface area contributed by atoms with Crippen LogP contribution in [0.2, 0.25) is 0 Å². The maximum atomic E-state index is 5.94. The van der Waals surface area contributed by atoms with Crippen molar-refractivity contribution >= 4 is 21.6 Å². The maximum absolute atomic E-state index is 5.94. The Balaban J connectivity index is 2.24. The first-order valence-corrected chi connectivity index (χ1v) is 6.87. The van der Waals surface area contributed by atoms with Crippen molar-refractivity contribution in [3.8, 4) is 5.75 Å². The second-order valence-corrected chi connectivity index (χ2v) is 5.54. The van der Waals surface area contributed by atoms with Crippen LogP contribution in [-0.2, 0) is 13.7 Å². The van der Waals surface area contributed by atoms with Gasteiger partial charge in [0.2, 0.25) is 0 Å². The van der Waals surface area contributed by atoms with Gasteiger partial charge < -0.3 is 10.5 Å². The van der Waals surface area contributed by atoms with Gasteiger partial charge >= 0.3 is 0 Å². The number of aryl methyl sites for hydroxylation is 4. The zero-order chi connectivity index (χ0) is 14.2. The van der Waals surface area contributed by atoms with E-state index in [1.165, 1.54) is 0 Å². The Morgan fingerprint density at radius 1 is 1.26 bits per heavy atom. The zero-order valence-electron chi connectivity index (χ0n) is 11.6. The van der Waals surface area contributed by atoms with E-state index in [1.54, 1.807) is 0 Å². The number of nitrogen functional groups attached to an aromatic ring is 1. The summed E-state index contributed by atoms with van der Waals surface area (Å²) in [6.07, 6.45) is 0. The van der Waals surface area contributed by atoms with Crippen molar-refractivity contribution in [2.45, 2.75) is 27.4 Å². The second-order valence-electron chi connectivity index (χ2n) is 4.74. The summed E-state index contributed by atoms with van der Waals surface area (Å²) in [6.45, 7) is 6.45. The molecular formula is C14H18BrN3O. The highest BCUT2D eigenvalue weighted by atomic mass is 79.9. The van der Waals surface area contributed by atoms with Crippen LogP contribution in [-0.4, -0.2) is 9.78 Å². The Labute approximate surface area is 121 Å². The number of nitrogens with two attached hydrogens (primary N) is 1. The third-order valence-corrected chi connectivity index (χ3v) is 4.13. The fraction of sp³-hybridized carbons (Fsp3) is 0.357. The SMILES string of the molecule is Cc1cc(N)cc(C)c1OCc1c(Br)c(C)nn1C. The number of anilines is 1. The molecular weight excluding hydrogens is 306 g/mol. The van der Waals surface area contributed by atoms with Crippen molar-refractivity contribution in [1.82, 2.24) is 9.78 Å². The number of aromatic nitrogens is 2. The first-order chi connectivity index (χ1) is 8.90. The molecule has 0 aliphatic carbocycles. The van der Waals surface area contributed by atoms with Gasteiger partial charge in [0.25, 0.3) is 0 Å². The lowest BCUT2D eigenvalue weighted by molar-refractivity contribution is 0.290. The molecule has 5 heteroatoms. The van der Waals surface area contributed by atoms with Gasteiger partial charge in [0.1, 0.15) is 12.4 Å². The molecule has 1 aromatic heterocycles. The van der Waals surface area contributed by atoms with Crippen LogP contribution in [0, 0.1) is 20.8 Å². The molecule has 0 spiro atoms. The third kappa shape index (κ3) is 2.76. The van der Waals surface area contributed by atoms with Crippen LogP contribution in [0.3, 0.4) is 0 Å². The van der Waals surface area contributed by atoms with Crippen LogP contribution in [0.5, 0.6) is 5.75 Å². The van der Waals surface area contributed by atoms with Crippen LogP contribution < -0.4 is 10.5 Å². The van der Waals surface area contributed by atoms with E-state index < -0.39 is 0 Å². The maximum Gasteiger partial charge on any atom is 0.131 e. The lowest BCUT2D eigenvalue weighted by Crippen LogP contribution is -2.05.